The molecular weight excluding hydrogens is 188 g/mol. The molecular formula is C13H18O2. The van der Waals surface area contributed by atoms with E-state index in [-0.39, 0.29) is 0 Å². The maximum Gasteiger partial charge on any atom is 0.310 e. The summed E-state index contributed by atoms with van der Waals surface area (Å²) < 4.78 is 0. The van der Waals surface area contributed by atoms with Gasteiger partial charge in [0.05, 0.1) is 5.92 Å². The number of carbonyl (C=O) groups is 1. The number of carboxylic acids is 1. The van der Waals surface area contributed by atoms with Crippen LogP contribution in [0.25, 0.3) is 0 Å². The molecule has 0 amide bonds. The minimum absolute atomic E-state index is 0.405. The van der Waals surface area contributed by atoms with Gasteiger partial charge in [0.1, 0.15) is 0 Å². The highest BCUT2D eigenvalue weighted by atomic mass is 16.4. The Bertz CT molecular complexity index is 331. The van der Waals surface area contributed by atoms with Crippen molar-refractivity contribution in [3.05, 3.63) is 35.4 Å². The van der Waals surface area contributed by atoms with Crippen molar-refractivity contribution in [2.75, 3.05) is 0 Å². The maximum atomic E-state index is 10.9. The van der Waals surface area contributed by atoms with Gasteiger partial charge in [-0.2, -0.15) is 0 Å². The Balaban J connectivity index is 2.90. The Morgan fingerprint density at radius 3 is 2.67 bits per heavy atom. The van der Waals surface area contributed by atoms with Crippen molar-refractivity contribution in [3.8, 4) is 0 Å². The summed E-state index contributed by atoms with van der Waals surface area (Å²) in [5.41, 5.74) is 2.13. The maximum absolute atomic E-state index is 10.9. The molecule has 0 aliphatic carbocycles. The van der Waals surface area contributed by atoms with Crippen molar-refractivity contribution in [2.24, 2.45) is 0 Å². The summed E-state index contributed by atoms with van der Waals surface area (Å²) in [6, 6.07) is 7.83. The van der Waals surface area contributed by atoms with Gasteiger partial charge in [0, 0.05) is 0 Å². The predicted octanol–water partition coefficient (Wildman–Crippen LogP) is 3.22. The van der Waals surface area contributed by atoms with Gasteiger partial charge < -0.3 is 5.11 Å². The van der Waals surface area contributed by atoms with Crippen LogP contribution in [0.1, 0.15) is 43.7 Å². The number of unbranched alkanes of at least 4 members (excludes halogenated alkanes) is 1. The molecule has 0 aliphatic heterocycles. The van der Waals surface area contributed by atoms with Gasteiger partial charge in [-0.1, -0.05) is 37.6 Å². The lowest BCUT2D eigenvalue weighted by atomic mass is 9.93. The highest BCUT2D eigenvalue weighted by Gasteiger charge is 2.16. The molecule has 0 fully saturated rings. The second kappa shape index (κ2) is 5.54. The fraction of sp³-hybridized carbons (Fsp3) is 0.462. The lowest BCUT2D eigenvalue weighted by Gasteiger charge is -2.12. The number of hydrogen-bond donors (Lipinski definition) is 1. The van der Waals surface area contributed by atoms with Crippen LogP contribution in [0.3, 0.4) is 0 Å². The summed E-state index contributed by atoms with van der Waals surface area (Å²) >= 11 is 0. The molecule has 0 saturated heterocycles. The van der Waals surface area contributed by atoms with Gasteiger partial charge >= 0.3 is 5.97 Å². The quantitative estimate of drug-likeness (QED) is 0.803. The molecule has 1 aromatic carbocycles. The van der Waals surface area contributed by atoms with E-state index in [4.69, 9.17) is 5.11 Å². The lowest BCUT2D eigenvalue weighted by molar-refractivity contribution is -0.138. The lowest BCUT2D eigenvalue weighted by Crippen LogP contribution is -2.09. The van der Waals surface area contributed by atoms with Crippen molar-refractivity contribution in [1.29, 1.82) is 0 Å². The number of benzene rings is 1. The Hall–Kier alpha value is -1.31. The Kier molecular flexibility index (Phi) is 4.35. The largest absolute Gasteiger partial charge is 0.481 e. The van der Waals surface area contributed by atoms with Gasteiger partial charge in [-0.05, 0) is 30.9 Å². The number of aliphatic carboxylic acids is 1. The first-order valence-corrected chi connectivity index (χ1v) is 5.47. The number of carboxylic acid groups (broad SMARTS) is 1. The molecule has 0 heterocycles. The molecule has 0 bridgehead atoms. The van der Waals surface area contributed by atoms with E-state index in [1.807, 2.05) is 24.3 Å². The minimum atomic E-state index is -0.751. The third kappa shape index (κ3) is 3.08. The van der Waals surface area contributed by atoms with Crippen LogP contribution >= 0.6 is 0 Å². The smallest absolute Gasteiger partial charge is 0.310 e. The van der Waals surface area contributed by atoms with E-state index < -0.39 is 11.9 Å². The number of aryl methyl sites for hydroxylation is 1. The third-order valence-corrected chi connectivity index (χ3v) is 2.69. The topological polar surface area (TPSA) is 37.3 Å². The summed E-state index contributed by atoms with van der Waals surface area (Å²) in [6.07, 6.45) is 3.23. The molecule has 0 aromatic heterocycles. The van der Waals surface area contributed by atoms with Crippen molar-refractivity contribution in [1.82, 2.24) is 0 Å². The predicted molar refractivity (Wildman–Crippen MR) is 61.1 cm³/mol. The molecule has 1 aromatic rings. The average Bonchev–Trinajstić information content (AvgIpc) is 2.25. The monoisotopic (exact) mass is 206 g/mol. The van der Waals surface area contributed by atoms with Gasteiger partial charge in [-0.3, -0.25) is 4.79 Å². The number of hydrogen-bond acceptors (Lipinski definition) is 1. The van der Waals surface area contributed by atoms with Crippen LogP contribution in [0.5, 0.6) is 0 Å². The normalized spacial score (nSPS) is 12.4. The molecule has 0 spiro atoms. The molecule has 1 N–H and O–H groups in total. The van der Waals surface area contributed by atoms with Gasteiger partial charge in [-0.25, -0.2) is 0 Å². The van der Waals surface area contributed by atoms with Gasteiger partial charge in [0.25, 0.3) is 0 Å². The van der Waals surface area contributed by atoms with E-state index in [1.165, 1.54) is 5.56 Å². The standard InChI is InChI=1S/C13H18O2/c1-3-4-7-11-8-5-6-9-12(11)10(2)13(14)15/h5-6,8-10H,3-4,7H2,1-2H3,(H,14,15). The SMILES string of the molecule is CCCCc1ccccc1C(C)C(=O)O. The van der Waals surface area contributed by atoms with Gasteiger partial charge in [0.2, 0.25) is 0 Å². The van der Waals surface area contributed by atoms with E-state index in [0.29, 0.717) is 0 Å². The zero-order chi connectivity index (χ0) is 11.3. The summed E-state index contributed by atoms with van der Waals surface area (Å²) in [7, 11) is 0. The van der Waals surface area contributed by atoms with E-state index in [1.54, 1.807) is 6.92 Å². The molecule has 2 nitrogen and oxygen atoms in total. The third-order valence-electron chi connectivity index (χ3n) is 2.69. The van der Waals surface area contributed by atoms with Crippen LogP contribution in [0.15, 0.2) is 24.3 Å². The summed E-state index contributed by atoms with van der Waals surface area (Å²) in [5, 5.41) is 8.99. The molecule has 15 heavy (non-hydrogen) atoms. The molecule has 0 aliphatic rings. The molecule has 1 rings (SSSR count). The minimum Gasteiger partial charge on any atom is -0.481 e. The van der Waals surface area contributed by atoms with Crippen molar-refractivity contribution in [2.45, 2.75) is 39.0 Å². The van der Waals surface area contributed by atoms with Crippen LogP contribution in [0.2, 0.25) is 0 Å². The van der Waals surface area contributed by atoms with Crippen LogP contribution in [0, 0.1) is 0 Å². The molecule has 1 atom stereocenters. The first-order chi connectivity index (χ1) is 7.16. The van der Waals surface area contributed by atoms with Crippen LogP contribution in [-0.4, -0.2) is 11.1 Å². The summed E-state index contributed by atoms with van der Waals surface area (Å²) in [6.45, 7) is 3.89. The molecule has 0 saturated carbocycles. The fourth-order valence-corrected chi connectivity index (χ4v) is 1.68. The average molecular weight is 206 g/mol. The van der Waals surface area contributed by atoms with Crippen LogP contribution in [-0.2, 0) is 11.2 Å². The van der Waals surface area contributed by atoms with Crippen molar-refractivity contribution in [3.63, 3.8) is 0 Å². The molecule has 0 radical (unpaired) electrons. The fourth-order valence-electron chi connectivity index (χ4n) is 1.68. The Morgan fingerprint density at radius 1 is 1.40 bits per heavy atom. The molecule has 1 unspecified atom stereocenters. The highest BCUT2D eigenvalue weighted by molar-refractivity contribution is 5.76. The molecule has 82 valence electrons. The van der Waals surface area contributed by atoms with Crippen molar-refractivity contribution >= 4 is 5.97 Å². The van der Waals surface area contributed by atoms with E-state index in [0.717, 1.165) is 24.8 Å². The van der Waals surface area contributed by atoms with E-state index in [9.17, 15) is 4.79 Å². The van der Waals surface area contributed by atoms with E-state index in [2.05, 4.69) is 6.92 Å². The molecule has 2 heteroatoms. The highest BCUT2D eigenvalue weighted by Crippen LogP contribution is 2.21. The van der Waals surface area contributed by atoms with Crippen LogP contribution in [0.4, 0.5) is 0 Å². The van der Waals surface area contributed by atoms with Crippen LogP contribution < -0.4 is 0 Å². The summed E-state index contributed by atoms with van der Waals surface area (Å²) in [4.78, 5) is 10.9. The number of rotatable bonds is 5. The van der Waals surface area contributed by atoms with Crippen molar-refractivity contribution < 1.29 is 9.90 Å². The van der Waals surface area contributed by atoms with Gasteiger partial charge in [0.15, 0.2) is 0 Å². The second-order valence-corrected chi connectivity index (χ2v) is 3.86. The zero-order valence-corrected chi connectivity index (χ0v) is 9.36. The second-order valence-electron chi connectivity index (χ2n) is 3.86. The Morgan fingerprint density at radius 2 is 2.07 bits per heavy atom. The van der Waals surface area contributed by atoms with Gasteiger partial charge in [-0.15, -0.1) is 0 Å². The first kappa shape index (κ1) is 11.8. The first-order valence-electron chi connectivity index (χ1n) is 5.47. The Labute approximate surface area is 90.9 Å². The summed E-state index contributed by atoms with van der Waals surface area (Å²) in [5.74, 6) is -1.16. The van der Waals surface area contributed by atoms with E-state index >= 15 is 0 Å². The zero-order valence-electron chi connectivity index (χ0n) is 9.36.